The zero-order valence-corrected chi connectivity index (χ0v) is 9.21. The van der Waals surface area contributed by atoms with E-state index in [0.29, 0.717) is 6.07 Å². The van der Waals surface area contributed by atoms with Crippen molar-refractivity contribution >= 4 is 23.3 Å². The molecule has 7 nitrogen and oxygen atoms in total. The molecule has 0 aliphatic rings. The molecule has 0 aliphatic carbocycles. The van der Waals surface area contributed by atoms with Gasteiger partial charge < -0.3 is 10.4 Å². The van der Waals surface area contributed by atoms with Crippen molar-refractivity contribution in [1.82, 2.24) is 0 Å². The molecule has 0 saturated heterocycles. The highest BCUT2D eigenvalue weighted by Gasteiger charge is 2.21. The molecule has 0 bridgehead atoms. The molecule has 1 atom stereocenters. The Morgan fingerprint density at radius 3 is 2.56 bits per heavy atom. The first-order valence-corrected chi connectivity index (χ1v) is 4.80. The molecular formula is C10H9FN2O5. The summed E-state index contributed by atoms with van der Waals surface area (Å²) in [7, 11) is 0. The van der Waals surface area contributed by atoms with E-state index in [1.807, 2.05) is 0 Å². The second kappa shape index (κ2) is 5.21. The molecule has 1 aromatic rings. The number of carboxylic acid groups (broad SMARTS) is 1. The van der Waals surface area contributed by atoms with Crippen LogP contribution >= 0.6 is 0 Å². The van der Waals surface area contributed by atoms with Crippen LogP contribution in [0, 0.1) is 21.8 Å². The monoisotopic (exact) mass is 256 g/mol. The third-order valence-corrected chi connectivity index (χ3v) is 2.12. The SMILES string of the molecule is CC(C(=O)O)C(=O)Nc1cc(F)cc([N+](=O)[O-])c1. The molecule has 1 rings (SSSR count). The van der Waals surface area contributed by atoms with E-state index < -0.39 is 34.2 Å². The third kappa shape index (κ3) is 3.24. The molecular weight excluding hydrogens is 247 g/mol. The molecule has 8 heteroatoms. The maximum atomic E-state index is 13.0. The summed E-state index contributed by atoms with van der Waals surface area (Å²) in [5.41, 5.74) is -0.701. The van der Waals surface area contributed by atoms with Gasteiger partial charge in [0, 0.05) is 6.07 Å². The second-order valence-electron chi connectivity index (χ2n) is 3.50. The third-order valence-electron chi connectivity index (χ3n) is 2.12. The largest absolute Gasteiger partial charge is 0.481 e. The van der Waals surface area contributed by atoms with Crippen molar-refractivity contribution in [2.75, 3.05) is 5.32 Å². The van der Waals surface area contributed by atoms with Crippen LogP contribution in [0.1, 0.15) is 6.92 Å². The Bertz CT molecular complexity index is 517. The zero-order valence-electron chi connectivity index (χ0n) is 9.21. The van der Waals surface area contributed by atoms with Crippen LogP contribution in [0.2, 0.25) is 0 Å². The quantitative estimate of drug-likeness (QED) is 0.480. The van der Waals surface area contributed by atoms with Crippen LogP contribution in [0.3, 0.4) is 0 Å². The van der Waals surface area contributed by atoms with Crippen molar-refractivity contribution < 1.29 is 24.0 Å². The Morgan fingerprint density at radius 2 is 2.06 bits per heavy atom. The lowest BCUT2D eigenvalue weighted by Gasteiger charge is -2.08. The number of rotatable bonds is 4. The van der Waals surface area contributed by atoms with Crippen LogP contribution < -0.4 is 5.32 Å². The Kier molecular flexibility index (Phi) is 3.93. The van der Waals surface area contributed by atoms with Gasteiger partial charge in [-0.2, -0.15) is 0 Å². The first-order chi connectivity index (χ1) is 8.31. The van der Waals surface area contributed by atoms with E-state index in [9.17, 15) is 24.1 Å². The average molecular weight is 256 g/mol. The van der Waals surface area contributed by atoms with Crippen molar-refractivity contribution in [3.05, 3.63) is 34.1 Å². The molecule has 18 heavy (non-hydrogen) atoms. The summed E-state index contributed by atoms with van der Waals surface area (Å²) in [6.07, 6.45) is 0. The topological polar surface area (TPSA) is 110 Å². The minimum Gasteiger partial charge on any atom is -0.481 e. The number of carboxylic acids is 1. The van der Waals surface area contributed by atoms with Gasteiger partial charge >= 0.3 is 5.97 Å². The van der Waals surface area contributed by atoms with Gasteiger partial charge in [-0.05, 0) is 13.0 Å². The highest BCUT2D eigenvalue weighted by molar-refractivity contribution is 6.03. The first-order valence-electron chi connectivity index (χ1n) is 4.80. The van der Waals surface area contributed by atoms with Crippen molar-refractivity contribution in [3.63, 3.8) is 0 Å². The number of nitrogens with one attached hydrogen (secondary N) is 1. The van der Waals surface area contributed by atoms with Gasteiger partial charge in [0.05, 0.1) is 16.7 Å². The highest BCUT2D eigenvalue weighted by Crippen LogP contribution is 2.20. The number of hydrogen-bond donors (Lipinski definition) is 2. The standard InChI is InChI=1S/C10H9FN2O5/c1-5(10(15)16)9(14)12-7-2-6(11)3-8(4-7)13(17)18/h2-5H,1H3,(H,12,14)(H,15,16). The summed E-state index contributed by atoms with van der Waals surface area (Å²) < 4.78 is 13.0. The molecule has 1 unspecified atom stereocenters. The number of nitro benzene ring substituents is 1. The number of hydrogen-bond acceptors (Lipinski definition) is 4. The van der Waals surface area contributed by atoms with Crippen LogP contribution in [0.25, 0.3) is 0 Å². The lowest BCUT2D eigenvalue weighted by Crippen LogP contribution is -2.26. The molecule has 2 N–H and O–H groups in total. The van der Waals surface area contributed by atoms with E-state index in [-0.39, 0.29) is 5.69 Å². The van der Waals surface area contributed by atoms with Crippen LogP contribution in [0.4, 0.5) is 15.8 Å². The number of carbonyl (C=O) groups excluding carboxylic acids is 1. The maximum absolute atomic E-state index is 13.0. The van der Waals surface area contributed by atoms with E-state index in [1.54, 1.807) is 0 Å². The Hall–Kier alpha value is -2.51. The van der Waals surface area contributed by atoms with Gasteiger partial charge in [0.1, 0.15) is 11.7 Å². The molecule has 0 fully saturated rings. The van der Waals surface area contributed by atoms with Crippen molar-refractivity contribution in [3.8, 4) is 0 Å². The highest BCUT2D eigenvalue weighted by atomic mass is 19.1. The van der Waals surface area contributed by atoms with Crippen molar-refractivity contribution in [1.29, 1.82) is 0 Å². The summed E-state index contributed by atoms with van der Waals surface area (Å²) in [4.78, 5) is 31.5. The number of nitrogens with zero attached hydrogens (tertiary/aromatic N) is 1. The van der Waals surface area contributed by atoms with Crippen LogP contribution in [0.5, 0.6) is 0 Å². The fourth-order valence-electron chi connectivity index (χ4n) is 1.11. The van der Waals surface area contributed by atoms with E-state index in [0.717, 1.165) is 19.1 Å². The van der Waals surface area contributed by atoms with E-state index >= 15 is 0 Å². The van der Waals surface area contributed by atoms with Gasteiger partial charge in [0.2, 0.25) is 5.91 Å². The molecule has 0 spiro atoms. The summed E-state index contributed by atoms with van der Waals surface area (Å²) >= 11 is 0. The number of non-ortho nitro benzene ring substituents is 1. The number of nitro groups is 1. The minimum atomic E-state index is -1.35. The van der Waals surface area contributed by atoms with E-state index in [4.69, 9.17) is 5.11 Å². The number of benzene rings is 1. The smallest absolute Gasteiger partial charge is 0.315 e. The van der Waals surface area contributed by atoms with Gasteiger partial charge in [-0.25, -0.2) is 4.39 Å². The van der Waals surface area contributed by atoms with Crippen LogP contribution in [-0.4, -0.2) is 21.9 Å². The fraction of sp³-hybridized carbons (Fsp3) is 0.200. The lowest BCUT2D eigenvalue weighted by atomic mass is 10.1. The van der Waals surface area contributed by atoms with Gasteiger partial charge in [-0.1, -0.05) is 0 Å². The number of aliphatic carboxylic acids is 1. The molecule has 0 aliphatic heterocycles. The molecule has 0 heterocycles. The van der Waals surface area contributed by atoms with Gasteiger partial charge in [-0.3, -0.25) is 19.7 Å². The van der Waals surface area contributed by atoms with Crippen LogP contribution in [0.15, 0.2) is 18.2 Å². The Labute approximate surface area is 100 Å². The normalized spacial score (nSPS) is 11.7. The summed E-state index contributed by atoms with van der Waals surface area (Å²) in [5, 5.41) is 21.1. The van der Waals surface area contributed by atoms with Crippen molar-refractivity contribution in [2.24, 2.45) is 5.92 Å². The van der Waals surface area contributed by atoms with Gasteiger partial charge in [0.25, 0.3) is 5.69 Å². The number of amides is 1. The predicted octanol–water partition coefficient (Wildman–Crippen LogP) is 1.39. The summed E-state index contributed by atoms with van der Waals surface area (Å²) in [6.45, 7) is 1.14. The maximum Gasteiger partial charge on any atom is 0.315 e. The van der Waals surface area contributed by atoms with E-state index in [1.165, 1.54) is 0 Å². The first kappa shape index (κ1) is 13.6. The predicted molar refractivity (Wildman–Crippen MR) is 58.5 cm³/mol. The fourth-order valence-corrected chi connectivity index (χ4v) is 1.11. The molecule has 0 aromatic heterocycles. The molecule has 1 aromatic carbocycles. The van der Waals surface area contributed by atoms with E-state index in [2.05, 4.69) is 5.32 Å². The van der Waals surface area contributed by atoms with Gasteiger partial charge in [0.15, 0.2) is 0 Å². The summed E-state index contributed by atoms with van der Waals surface area (Å²) in [6, 6.07) is 2.49. The van der Waals surface area contributed by atoms with Gasteiger partial charge in [-0.15, -0.1) is 0 Å². The lowest BCUT2D eigenvalue weighted by molar-refractivity contribution is -0.385. The van der Waals surface area contributed by atoms with Crippen molar-refractivity contribution in [2.45, 2.75) is 6.92 Å². The molecule has 0 saturated carbocycles. The van der Waals surface area contributed by atoms with Crippen LogP contribution in [-0.2, 0) is 9.59 Å². The molecule has 0 radical (unpaired) electrons. The second-order valence-corrected chi connectivity index (χ2v) is 3.50. The number of carbonyl (C=O) groups is 2. The molecule has 1 amide bonds. The Morgan fingerprint density at radius 1 is 1.44 bits per heavy atom. The number of halogens is 1. The number of anilines is 1. The summed E-state index contributed by atoms with van der Waals surface area (Å²) in [5.74, 6) is -4.48. The zero-order chi connectivity index (χ0) is 13.9. The Balaban J connectivity index is 2.94. The average Bonchev–Trinajstić information content (AvgIpc) is 2.26. The minimum absolute atomic E-state index is 0.167. The molecule has 96 valence electrons.